The molecule has 0 saturated carbocycles. The Morgan fingerprint density at radius 3 is 2.47 bits per heavy atom. The third-order valence-electron chi connectivity index (χ3n) is 2.48. The van der Waals surface area contributed by atoms with Crippen LogP contribution >= 0.6 is 46.1 Å². The summed E-state index contributed by atoms with van der Waals surface area (Å²) in [4.78, 5) is 0. The van der Waals surface area contributed by atoms with E-state index in [1.54, 1.807) is 0 Å². The lowest BCUT2D eigenvalue weighted by Crippen LogP contribution is -2.05. The molecule has 5 heteroatoms. The van der Waals surface area contributed by atoms with Crippen LogP contribution in [0.15, 0.2) is 30.3 Å². The van der Waals surface area contributed by atoms with Crippen LogP contribution in [0.5, 0.6) is 5.75 Å². The van der Waals surface area contributed by atoms with Gasteiger partial charge in [0.25, 0.3) is 0 Å². The molecule has 2 rings (SSSR count). The van der Waals surface area contributed by atoms with Crippen LogP contribution in [0.1, 0.15) is 30.4 Å². The van der Waals surface area contributed by atoms with Crippen LogP contribution in [0.3, 0.4) is 0 Å². The summed E-state index contributed by atoms with van der Waals surface area (Å²) in [6.45, 7) is 3.97. The summed E-state index contributed by atoms with van der Waals surface area (Å²) in [6.07, 6.45) is 0.128. The summed E-state index contributed by atoms with van der Waals surface area (Å²) in [5.41, 5.74) is 1.77. The van der Waals surface area contributed by atoms with Gasteiger partial charge >= 0.3 is 0 Å². The molecular formula is C14H13Cl3OS. The number of hydrogen-bond acceptors (Lipinski definition) is 2. The fourth-order valence-corrected chi connectivity index (χ4v) is 3.68. The molecule has 1 heterocycles. The highest BCUT2D eigenvalue weighted by Gasteiger charge is 2.17. The highest BCUT2D eigenvalue weighted by atomic mass is 35.5. The molecule has 0 aliphatic rings. The van der Waals surface area contributed by atoms with Gasteiger partial charge in [0.1, 0.15) is 5.75 Å². The number of alkyl halides is 1. The first kappa shape index (κ1) is 15.0. The lowest BCUT2D eigenvalue weighted by molar-refractivity contribution is 0.242. The molecule has 0 saturated heterocycles. The standard InChI is InChI=1S/C14H13Cl3OS/c1-8(2)18-10-5-3-4-9(6-10)13(16)11-7-12(15)19-14(11)17/h3-8,13H,1-2H3. The number of rotatable bonds is 4. The highest BCUT2D eigenvalue weighted by Crippen LogP contribution is 2.41. The monoisotopic (exact) mass is 334 g/mol. The molecule has 0 aliphatic carbocycles. The molecule has 1 unspecified atom stereocenters. The second kappa shape index (κ2) is 6.36. The van der Waals surface area contributed by atoms with E-state index in [1.165, 1.54) is 11.3 Å². The molecule has 1 aromatic carbocycles. The van der Waals surface area contributed by atoms with E-state index < -0.39 is 0 Å². The van der Waals surface area contributed by atoms with Gasteiger partial charge in [0, 0.05) is 5.56 Å². The molecule has 102 valence electrons. The molecule has 0 aliphatic heterocycles. The Bertz CT molecular complexity index is 566. The minimum atomic E-state index is -0.327. The number of thiophene rings is 1. The molecule has 1 atom stereocenters. The molecule has 0 N–H and O–H groups in total. The smallest absolute Gasteiger partial charge is 0.120 e. The third kappa shape index (κ3) is 3.79. The van der Waals surface area contributed by atoms with Crippen molar-refractivity contribution >= 4 is 46.1 Å². The molecule has 0 spiro atoms. The van der Waals surface area contributed by atoms with Crippen LogP contribution < -0.4 is 4.74 Å². The van der Waals surface area contributed by atoms with Crippen LogP contribution in [0.2, 0.25) is 8.67 Å². The topological polar surface area (TPSA) is 9.23 Å². The van der Waals surface area contributed by atoms with Crippen LogP contribution in [0, 0.1) is 0 Å². The van der Waals surface area contributed by atoms with Crippen molar-refractivity contribution in [2.24, 2.45) is 0 Å². The zero-order chi connectivity index (χ0) is 14.0. The Labute approximate surface area is 132 Å². The Kier molecular flexibility index (Phi) is 5.02. The van der Waals surface area contributed by atoms with Crippen molar-refractivity contribution in [1.29, 1.82) is 0 Å². The SMILES string of the molecule is CC(C)Oc1cccc(C(Cl)c2cc(Cl)sc2Cl)c1. The Morgan fingerprint density at radius 2 is 1.89 bits per heavy atom. The molecule has 19 heavy (non-hydrogen) atoms. The van der Waals surface area contributed by atoms with Crippen LogP contribution in [0.4, 0.5) is 0 Å². The predicted molar refractivity (Wildman–Crippen MR) is 84.2 cm³/mol. The molecule has 2 aromatic rings. The Balaban J connectivity index is 2.28. The first-order valence-electron chi connectivity index (χ1n) is 5.83. The summed E-state index contributed by atoms with van der Waals surface area (Å²) in [5, 5.41) is -0.327. The minimum absolute atomic E-state index is 0.128. The lowest BCUT2D eigenvalue weighted by Gasteiger charge is -2.13. The molecule has 1 nitrogen and oxygen atoms in total. The second-order valence-corrected chi connectivity index (χ2v) is 7.10. The van der Waals surface area contributed by atoms with Crippen molar-refractivity contribution in [3.63, 3.8) is 0 Å². The number of ether oxygens (including phenoxy) is 1. The van der Waals surface area contributed by atoms with Gasteiger partial charge in [-0.15, -0.1) is 22.9 Å². The van der Waals surface area contributed by atoms with Gasteiger partial charge in [0.05, 0.1) is 20.2 Å². The van der Waals surface area contributed by atoms with Gasteiger partial charge in [-0.1, -0.05) is 35.3 Å². The molecule has 0 amide bonds. The maximum Gasteiger partial charge on any atom is 0.120 e. The number of hydrogen-bond donors (Lipinski definition) is 0. The van der Waals surface area contributed by atoms with E-state index in [1.807, 2.05) is 44.2 Å². The van der Waals surface area contributed by atoms with E-state index in [2.05, 4.69) is 0 Å². The van der Waals surface area contributed by atoms with Crippen molar-refractivity contribution in [3.8, 4) is 5.75 Å². The molecule has 0 radical (unpaired) electrons. The van der Waals surface area contributed by atoms with Gasteiger partial charge < -0.3 is 4.74 Å². The van der Waals surface area contributed by atoms with Crippen molar-refractivity contribution in [3.05, 3.63) is 50.1 Å². The van der Waals surface area contributed by atoms with Gasteiger partial charge in [0.2, 0.25) is 0 Å². The largest absolute Gasteiger partial charge is 0.491 e. The van der Waals surface area contributed by atoms with Crippen molar-refractivity contribution in [2.75, 3.05) is 0 Å². The highest BCUT2D eigenvalue weighted by molar-refractivity contribution is 7.20. The van der Waals surface area contributed by atoms with E-state index in [-0.39, 0.29) is 11.5 Å². The van der Waals surface area contributed by atoms with Gasteiger partial charge in [-0.3, -0.25) is 0 Å². The number of benzene rings is 1. The predicted octanol–water partition coefficient (Wildman–Crippen LogP) is 6.17. The van der Waals surface area contributed by atoms with E-state index in [0.29, 0.717) is 8.67 Å². The molecular weight excluding hydrogens is 323 g/mol. The van der Waals surface area contributed by atoms with Crippen LogP contribution in [0.25, 0.3) is 0 Å². The van der Waals surface area contributed by atoms with Gasteiger partial charge in [-0.2, -0.15) is 0 Å². The van der Waals surface area contributed by atoms with Crippen LogP contribution in [-0.4, -0.2) is 6.10 Å². The summed E-state index contributed by atoms with van der Waals surface area (Å²) in [7, 11) is 0. The van der Waals surface area contributed by atoms with Crippen molar-refractivity contribution in [1.82, 2.24) is 0 Å². The molecule has 1 aromatic heterocycles. The quantitative estimate of drug-likeness (QED) is 0.607. The fourth-order valence-electron chi connectivity index (χ4n) is 1.72. The fraction of sp³-hybridized carbons (Fsp3) is 0.286. The van der Waals surface area contributed by atoms with Crippen molar-refractivity contribution < 1.29 is 4.74 Å². The van der Waals surface area contributed by atoms with E-state index in [0.717, 1.165) is 16.9 Å². The minimum Gasteiger partial charge on any atom is -0.491 e. The van der Waals surface area contributed by atoms with Crippen molar-refractivity contribution in [2.45, 2.75) is 25.3 Å². The Hall–Kier alpha value is -0.410. The summed E-state index contributed by atoms with van der Waals surface area (Å²) < 4.78 is 6.93. The van der Waals surface area contributed by atoms with E-state index >= 15 is 0 Å². The average molecular weight is 336 g/mol. The van der Waals surface area contributed by atoms with E-state index in [4.69, 9.17) is 39.5 Å². The van der Waals surface area contributed by atoms with Gasteiger partial charge in [-0.05, 0) is 37.6 Å². The van der Waals surface area contributed by atoms with E-state index in [9.17, 15) is 0 Å². The summed E-state index contributed by atoms with van der Waals surface area (Å²) >= 11 is 19.9. The first-order chi connectivity index (χ1) is 8.97. The molecule has 0 bridgehead atoms. The Morgan fingerprint density at radius 1 is 1.16 bits per heavy atom. The third-order valence-corrected chi connectivity index (χ3v) is 4.48. The second-order valence-electron chi connectivity index (χ2n) is 4.38. The maximum absolute atomic E-state index is 6.47. The maximum atomic E-state index is 6.47. The number of halogens is 3. The van der Waals surface area contributed by atoms with Gasteiger partial charge in [-0.25, -0.2) is 0 Å². The normalized spacial score (nSPS) is 12.7. The zero-order valence-corrected chi connectivity index (χ0v) is 13.6. The average Bonchev–Trinajstić information content (AvgIpc) is 2.67. The van der Waals surface area contributed by atoms with Crippen LogP contribution in [-0.2, 0) is 0 Å². The summed E-state index contributed by atoms with van der Waals surface area (Å²) in [6, 6.07) is 9.52. The molecule has 0 fully saturated rings. The summed E-state index contributed by atoms with van der Waals surface area (Å²) in [5.74, 6) is 0.801. The lowest BCUT2D eigenvalue weighted by atomic mass is 10.1. The van der Waals surface area contributed by atoms with Gasteiger partial charge in [0.15, 0.2) is 0 Å². The zero-order valence-electron chi connectivity index (χ0n) is 10.5. The first-order valence-corrected chi connectivity index (χ1v) is 7.83.